The van der Waals surface area contributed by atoms with E-state index in [1.165, 1.54) is 41.7 Å². The largest absolute Gasteiger partial charge is 0.302 e. The predicted octanol–water partition coefficient (Wildman–Crippen LogP) is 6.33. The topological polar surface area (TPSA) is 24.4 Å². The van der Waals surface area contributed by atoms with Gasteiger partial charge in [-0.2, -0.15) is 5.10 Å². The second-order valence-corrected chi connectivity index (χ2v) is 8.45. The Balaban J connectivity index is 1.71. The highest BCUT2D eigenvalue weighted by Crippen LogP contribution is 2.35. The van der Waals surface area contributed by atoms with Crippen LogP contribution in [0.1, 0.15) is 77.3 Å². The van der Waals surface area contributed by atoms with E-state index in [-0.39, 0.29) is 11.5 Å². The molecule has 1 saturated carbocycles. The van der Waals surface area contributed by atoms with Crippen molar-refractivity contribution in [1.82, 2.24) is 5.43 Å². The van der Waals surface area contributed by atoms with Crippen molar-refractivity contribution in [1.29, 1.82) is 0 Å². The van der Waals surface area contributed by atoms with Gasteiger partial charge in [0.2, 0.25) is 0 Å². The van der Waals surface area contributed by atoms with Crippen molar-refractivity contribution in [2.45, 2.75) is 71.8 Å². The molecular weight excluding hydrogens is 304 g/mol. The van der Waals surface area contributed by atoms with Crippen molar-refractivity contribution >= 4 is 5.71 Å². The van der Waals surface area contributed by atoms with Gasteiger partial charge in [-0.15, -0.1) is 0 Å². The Kier molecular flexibility index (Phi) is 5.78. The molecule has 25 heavy (non-hydrogen) atoms. The molecule has 0 radical (unpaired) electrons. The molecule has 134 valence electrons. The Morgan fingerprint density at radius 3 is 2.40 bits per heavy atom. The molecule has 1 aromatic carbocycles. The van der Waals surface area contributed by atoms with Crippen molar-refractivity contribution in [2.24, 2.45) is 10.5 Å². The molecule has 2 aliphatic carbocycles. The van der Waals surface area contributed by atoms with Crippen LogP contribution < -0.4 is 5.43 Å². The zero-order valence-electron chi connectivity index (χ0n) is 16.0. The van der Waals surface area contributed by atoms with Gasteiger partial charge in [-0.1, -0.05) is 75.2 Å². The first kappa shape index (κ1) is 18.0. The van der Waals surface area contributed by atoms with Gasteiger partial charge in [0.15, 0.2) is 0 Å². The van der Waals surface area contributed by atoms with Crippen LogP contribution in [0.15, 0.2) is 58.7 Å². The van der Waals surface area contributed by atoms with Crippen LogP contribution in [0.25, 0.3) is 0 Å². The van der Waals surface area contributed by atoms with E-state index < -0.39 is 0 Å². The fourth-order valence-corrected chi connectivity index (χ4v) is 3.67. The number of nitrogens with one attached hydrogen (secondary N) is 1. The molecule has 0 aliphatic heterocycles. The van der Waals surface area contributed by atoms with E-state index in [0.717, 1.165) is 25.7 Å². The summed E-state index contributed by atoms with van der Waals surface area (Å²) in [5.41, 5.74) is 9.40. The first-order valence-corrected chi connectivity index (χ1v) is 9.78. The molecule has 0 bridgehead atoms. The third-order valence-corrected chi connectivity index (χ3v) is 5.29. The molecule has 0 spiro atoms. The van der Waals surface area contributed by atoms with E-state index in [1.807, 2.05) is 0 Å². The van der Waals surface area contributed by atoms with Gasteiger partial charge in [-0.05, 0) is 55.1 Å². The standard InChI is InChI=1S/C23H32N2/c1-23(2,3)20-15-14-18(16-20)17-22(19-10-6-4-7-11-19)25-24-21-12-8-5-9-13-21/h4,6-7,10-11,15-16,22,25H,5,8-9,12-14,17H2,1-3H3. The number of rotatable bonds is 5. The molecule has 1 fully saturated rings. The van der Waals surface area contributed by atoms with Gasteiger partial charge in [0.05, 0.1) is 6.04 Å². The Labute approximate surface area is 153 Å². The zero-order chi connectivity index (χ0) is 17.7. The lowest BCUT2D eigenvalue weighted by Crippen LogP contribution is -2.19. The molecular formula is C23H32N2. The van der Waals surface area contributed by atoms with Gasteiger partial charge in [-0.3, -0.25) is 0 Å². The summed E-state index contributed by atoms with van der Waals surface area (Å²) in [6, 6.07) is 11.0. The summed E-state index contributed by atoms with van der Waals surface area (Å²) in [5, 5.41) is 4.79. The predicted molar refractivity (Wildman–Crippen MR) is 108 cm³/mol. The molecule has 2 heteroatoms. The van der Waals surface area contributed by atoms with Crippen LogP contribution in [-0.4, -0.2) is 5.71 Å². The second-order valence-electron chi connectivity index (χ2n) is 8.45. The average molecular weight is 337 g/mol. The van der Waals surface area contributed by atoms with Crippen molar-refractivity contribution in [3.8, 4) is 0 Å². The van der Waals surface area contributed by atoms with Crippen LogP contribution in [0, 0.1) is 5.41 Å². The molecule has 2 nitrogen and oxygen atoms in total. The van der Waals surface area contributed by atoms with Gasteiger partial charge in [-0.25, -0.2) is 0 Å². The maximum absolute atomic E-state index is 4.79. The highest BCUT2D eigenvalue weighted by molar-refractivity contribution is 5.84. The van der Waals surface area contributed by atoms with Crippen LogP contribution in [0.5, 0.6) is 0 Å². The number of hydrogen-bond donors (Lipinski definition) is 1. The van der Waals surface area contributed by atoms with Gasteiger partial charge in [0, 0.05) is 5.71 Å². The maximum Gasteiger partial charge on any atom is 0.0726 e. The quantitative estimate of drug-likeness (QED) is 0.624. The van der Waals surface area contributed by atoms with Crippen molar-refractivity contribution in [3.63, 3.8) is 0 Å². The summed E-state index contributed by atoms with van der Waals surface area (Å²) < 4.78 is 0. The summed E-state index contributed by atoms with van der Waals surface area (Å²) in [6.07, 6.45) is 13.2. The zero-order valence-corrected chi connectivity index (χ0v) is 16.0. The van der Waals surface area contributed by atoms with Crippen LogP contribution in [-0.2, 0) is 0 Å². The molecule has 2 aliphatic rings. The van der Waals surface area contributed by atoms with Crippen LogP contribution >= 0.6 is 0 Å². The fraction of sp³-hybridized carbons (Fsp3) is 0.522. The van der Waals surface area contributed by atoms with Crippen LogP contribution in [0.4, 0.5) is 0 Å². The van der Waals surface area contributed by atoms with Gasteiger partial charge in [0.1, 0.15) is 0 Å². The first-order valence-electron chi connectivity index (χ1n) is 9.78. The highest BCUT2D eigenvalue weighted by atomic mass is 15.3. The SMILES string of the molecule is CC(C)(C)C1=CCC(CC(NN=C2CCCCC2)c2ccccc2)=C1. The minimum atomic E-state index is 0.236. The Hall–Kier alpha value is -1.83. The normalized spacial score (nSPS) is 19.2. The molecule has 1 atom stereocenters. The van der Waals surface area contributed by atoms with Crippen molar-refractivity contribution in [3.05, 3.63) is 59.2 Å². The monoisotopic (exact) mass is 336 g/mol. The van der Waals surface area contributed by atoms with E-state index in [0.29, 0.717) is 0 Å². The third-order valence-electron chi connectivity index (χ3n) is 5.29. The maximum atomic E-state index is 4.79. The van der Waals surface area contributed by atoms with E-state index >= 15 is 0 Å². The first-order chi connectivity index (χ1) is 12.0. The Morgan fingerprint density at radius 1 is 1.04 bits per heavy atom. The molecule has 0 saturated heterocycles. The molecule has 1 aromatic rings. The highest BCUT2D eigenvalue weighted by Gasteiger charge is 2.21. The van der Waals surface area contributed by atoms with E-state index in [9.17, 15) is 0 Å². The number of benzene rings is 1. The number of nitrogens with zero attached hydrogens (tertiary/aromatic N) is 1. The average Bonchev–Trinajstić information content (AvgIpc) is 3.09. The summed E-state index contributed by atoms with van der Waals surface area (Å²) in [6.45, 7) is 6.88. The van der Waals surface area contributed by atoms with Gasteiger partial charge >= 0.3 is 0 Å². The molecule has 1 N–H and O–H groups in total. The minimum absolute atomic E-state index is 0.236. The molecule has 0 aromatic heterocycles. The van der Waals surface area contributed by atoms with E-state index in [4.69, 9.17) is 5.10 Å². The summed E-state index contributed by atoms with van der Waals surface area (Å²) >= 11 is 0. The Bertz CT molecular complexity index is 651. The fourth-order valence-electron chi connectivity index (χ4n) is 3.67. The number of allylic oxidation sites excluding steroid dienone is 3. The third kappa shape index (κ3) is 5.07. The van der Waals surface area contributed by atoms with Crippen molar-refractivity contribution in [2.75, 3.05) is 0 Å². The van der Waals surface area contributed by atoms with Crippen LogP contribution in [0.2, 0.25) is 0 Å². The van der Waals surface area contributed by atoms with E-state index in [2.05, 4.69) is 68.7 Å². The lowest BCUT2D eigenvalue weighted by molar-refractivity contribution is 0.517. The number of hydrogen-bond acceptors (Lipinski definition) is 2. The van der Waals surface area contributed by atoms with E-state index in [1.54, 1.807) is 0 Å². The summed E-state index contributed by atoms with van der Waals surface area (Å²) in [4.78, 5) is 0. The smallest absolute Gasteiger partial charge is 0.0726 e. The molecule has 1 unspecified atom stereocenters. The minimum Gasteiger partial charge on any atom is -0.302 e. The summed E-state index contributed by atoms with van der Waals surface area (Å²) in [5.74, 6) is 0. The summed E-state index contributed by atoms with van der Waals surface area (Å²) in [7, 11) is 0. The molecule has 0 heterocycles. The Morgan fingerprint density at radius 2 is 1.76 bits per heavy atom. The van der Waals surface area contributed by atoms with Gasteiger partial charge < -0.3 is 5.43 Å². The molecule has 0 amide bonds. The number of hydrazone groups is 1. The lowest BCUT2D eigenvalue weighted by Gasteiger charge is -2.21. The van der Waals surface area contributed by atoms with Crippen LogP contribution in [0.3, 0.4) is 0 Å². The molecule has 3 rings (SSSR count). The van der Waals surface area contributed by atoms with Gasteiger partial charge in [0.25, 0.3) is 0 Å². The van der Waals surface area contributed by atoms with Crippen molar-refractivity contribution < 1.29 is 0 Å². The second kappa shape index (κ2) is 8.03. The lowest BCUT2D eigenvalue weighted by atomic mass is 9.87.